The van der Waals surface area contributed by atoms with E-state index in [9.17, 15) is 0 Å². The molecule has 0 bridgehead atoms. The monoisotopic (exact) mass is 223 g/mol. The molecule has 0 amide bonds. The van der Waals surface area contributed by atoms with Gasteiger partial charge in [0.05, 0.1) is 12.0 Å². The third-order valence-corrected chi connectivity index (χ3v) is 3.04. The van der Waals surface area contributed by atoms with Gasteiger partial charge in [-0.3, -0.25) is 0 Å². The minimum Gasteiger partial charge on any atom is -0.337 e. The molecule has 0 saturated heterocycles. The number of nitrogens with zero attached hydrogens (tertiary/aromatic N) is 2. The van der Waals surface area contributed by atoms with E-state index < -0.39 is 0 Å². The summed E-state index contributed by atoms with van der Waals surface area (Å²) in [4.78, 5) is 4.11. The van der Waals surface area contributed by atoms with Gasteiger partial charge in [-0.15, -0.1) is 0 Å². The molecule has 16 heavy (non-hydrogen) atoms. The second kappa shape index (κ2) is 7.44. The van der Waals surface area contributed by atoms with E-state index >= 15 is 0 Å². The number of unbranched alkanes of at least 4 members (excludes halogenated alkanes) is 3. The van der Waals surface area contributed by atoms with E-state index in [0.29, 0.717) is 6.04 Å². The minimum absolute atomic E-state index is 0.603. The van der Waals surface area contributed by atoms with Gasteiger partial charge in [0, 0.05) is 25.8 Å². The minimum atomic E-state index is 0.603. The van der Waals surface area contributed by atoms with Crippen molar-refractivity contribution >= 4 is 0 Å². The molecule has 0 saturated carbocycles. The predicted octanol–water partition coefficient (Wildman–Crippen LogP) is 2.87. The summed E-state index contributed by atoms with van der Waals surface area (Å²) in [5, 5.41) is 3.54. The smallest absolute Gasteiger partial charge is 0.0945 e. The molecule has 0 aliphatic carbocycles. The average Bonchev–Trinajstić information content (AvgIpc) is 2.67. The summed E-state index contributed by atoms with van der Waals surface area (Å²) in [7, 11) is 2.04. The van der Waals surface area contributed by atoms with Crippen LogP contribution in [0.15, 0.2) is 12.5 Å². The molecule has 0 aliphatic heterocycles. The van der Waals surface area contributed by atoms with Gasteiger partial charge in [0.2, 0.25) is 0 Å². The Labute approximate surface area is 99.3 Å². The molecule has 1 heterocycles. The maximum Gasteiger partial charge on any atom is 0.0945 e. The fraction of sp³-hybridized carbons (Fsp3) is 0.769. The van der Waals surface area contributed by atoms with Gasteiger partial charge in [0.1, 0.15) is 0 Å². The molecule has 0 fully saturated rings. The van der Waals surface area contributed by atoms with Gasteiger partial charge < -0.3 is 9.88 Å². The van der Waals surface area contributed by atoms with Crippen LogP contribution in [0.2, 0.25) is 0 Å². The standard InChI is InChI=1S/C13H25N3/c1-4-5-6-7-8-12(2)15-10-13-9-14-11-16(13)3/h9,11-12,15H,4-8,10H2,1-3H3. The summed E-state index contributed by atoms with van der Waals surface area (Å²) in [5.74, 6) is 0. The second-order valence-corrected chi connectivity index (χ2v) is 4.63. The van der Waals surface area contributed by atoms with Crippen molar-refractivity contribution in [1.82, 2.24) is 14.9 Å². The molecule has 1 unspecified atom stereocenters. The van der Waals surface area contributed by atoms with Gasteiger partial charge in [-0.25, -0.2) is 4.98 Å². The zero-order chi connectivity index (χ0) is 11.8. The van der Waals surface area contributed by atoms with Crippen LogP contribution in [0.1, 0.15) is 51.6 Å². The first-order chi connectivity index (χ1) is 7.74. The van der Waals surface area contributed by atoms with Crippen LogP contribution < -0.4 is 5.32 Å². The van der Waals surface area contributed by atoms with Gasteiger partial charge in [-0.2, -0.15) is 0 Å². The lowest BCUT2D eigenvalue weighted by Gasteiger charge is -2.13. The third kappa shape index (κ3) is 4.79. The molecule has 0 aliphatic rings. The molecule has 3 heteroatoms. The molecule has 0 spiro atoms. The van der Waals surface area contributed by atoms with E-state index in [4.69, 9.17) is 0 Å². The lowest BCUT2D eigenvalue weighted by atomic mass is 10.1. The highest BCUT2D eigenvalue weighted by Crippen LogP contribution is 2.06. The van der Waals surface area contributed by atoms with Gasteiger partial charge >= 0.3 is 0 Å². The van der Waals surface area contributed by atoms with E-state index in [-0.39, 0.29) is 0 Å². The van der Waals surface area contributed by atoms with Crippen LogP contribution in [0.3, 0.4) is 0 Å². The molecule has 3 nitrogen and oxygen atoms in total. The lowest BCUT2D eigenvalue weighted by molar-refractivity contribution is 0.476. The van der Waals surface area contributed by atoms with Gasteiger partial charge in [-0.1, -0.05) is 32.6 Å². The Hall–Kier alpha value is -0.830. The van der Waals surface area contributed by atoms with Crippen molar-refractivity contribution in [2.45, 2.75) is 58.5 Å². The normalized spacial score (nSPS) is 12.9. The summed E-state index contributed by atoms with van der Waals surface area (Å²) >= 11 is 0. The SMILES string of the molecule is CCCCCCC(C)NCc1cncn1C. The Bertz CT molecular complexity index is 280. The predicted molar refractivity (Wildman–Crippen MR) is 68.3 cm³/mol. The highest BCUT2D eigenvalue weighted by molar-refractivity contribution is 4.96. The van der Waals surface area contributed by atoms with Crippen LogP contribution >= 0.6 is 0 Å². The maximum atomic E-state index is 4.11. The first-order valence-electron chi connectivity index (χ1n) is 6.42. The summed E-state index contributed by atoms with van der Waals surface area (Å²) in [6.45, 7) is 5.44. The number of aromatic nitrogens is 2. The second-order valence-electron chi connectivity index (χ2n) is 4.63. The van der Waals surface area contributed by atoms with E-state index in [0.717, 1.165) is 6.54 Å². The third-order valence-electron chi connectivity index (χ3n) is 3.04. The molecule has 0 aromatic carbocycles. The number of nitrogens with one attached hydrogen (secondary N) is 1. The Balaban J connectivity index is 2.10. The van der Waals surface area contributed by atoms with Crippen molar-refractivity contribution in [3.8, 4) is 0 Å². The molecule has 1 aromatic rings. The average molecular weight is 223 g/mol. The van der Waals surface area contributed by atoms with Crippen molar-refractivity contribution < 1.29 is 0 Å². The summed E-state index contributed by atoms with van der Waals surface area (Å²) in [5.41, 5.74) is 1.25. The molecule has 1 rings (SSSR count). The number of imidazole rings is 1. The molecule has 0 radical (unpaired) electrons. The van der Waals surface area contributed by atoms with Crippen molar-refractivity contribution in [3.63, 3.8) is 0 Å². The Morgan fingerprint density at radius 2 is 2.19 bits per heavy atom. The van der Waals surface area contributed by atoms with E-state index in [1.807, 2.05) is 19.6 Å². The van der Waals surface area contributed by atoms with E-state index in [1.165, 1.54) is 37.8 Å². The van der Waals surface area contributed by atoms with Crippen LogP contribution in [0.25, 0.3) is 0 Å². The summed E-state index contributed by atoms with van der Waals surface area (Å²) in [6.07, 6.45) is 10.4. The highest BCUT2D eigenvalue weighted by atomic mass is 15.0. The largest absolute Gasteiger partial charge is 0.337 e. The van der Waals surface area contributed by atoms with Crippen LogP contribution in [-0.4, -0.2) is 15.6 Å². The van der Waals surface area contributed by atoms with Crippen molar-refractivity contribution in [1.29, 1.82) is 0 Å². The van der Waals surface area contributed by atoms with Crippen molar-refractivity contribution in [2.75, 3.05) is 0 Å². The maximum absolute atomic E-state index is 4.11. The summed E-state index contributed by atoms with van der Waals surface area (Å²) in [6, 6.07) is 0.603. The first-order valence-corrected chi connectivity index (χ1v) is 6.42. The number of hydrogen-bond donors (Lipinski definition) is 1. The molecular weight excluding hydrogens is 198 g/mol. The van der Waals surface area contributed by atoms with Crippen LogP contribution in [0, 0.1) is 0 Å². The Morgan fingerprint density at radius 3 is 2.81 bits per heavy atom. The van der Waals surface area contributed by atoms with Gasteiger partial charge in [-0.05, 0) is 13.3 Å². The number of rotatable bonds is 8. The lowest BCUT2D eigenvalue weighted by Crippen LogP contribution is -2.26. The number of aryl methyl sites for hydroxylation is 1. The zero-order valence-electron chi connectivity index (χ0n) is 10.9. The van der Waals surface area contributed by atoms with Crippen molar-refractivity contribution in [2.24, 2.45) is 7.05 Å². The topological polar surface area (TPSA) is 29.9 Å². The van der Waals surface area contributed by atoms with Crippen molar-refractivity contribution in [3.05, 3.63) is 18.2 Å². The first kappa shape index (κ1) is 13.2. The number of hydrogen-bond acceptors (Lipinski definition) is 2. The Morgan fingerprint density at radius 1 is 1.38 bits per heavy atom. The zero-order valence-corrected chi connectivity index (χ0v) is 10.9. The van der Waals surface area contributed by atoms with Gasteiger partial charge in [0.15, 0.2) is 0 Å². The van der Waals surface area contributed by atoms with E-state index in [1.54, 1.807) is 0 Å². The van der Waals surface area contributed by atoms with Crippen LogP contribution in [0.5, 0.6) is 0 Å². The molecule has 1 atom stereocenters. The Kier molecular flexibility index (Phi) is 6.16. The van der Waals surface area contributed by atoms with Crippen LogP contribution in [0.4, 0.5) is 0 Å². The van der Waals surface area contributed by atoms with Gasteiger partial charge in [0.25, 0.3) is 0 Å². The highest BCUT2D eigenvalue weighted by Gasteiger charge is 2.03. The fourth-order valence-electron chi connectivity index (χ4n) is 1.81. The molecule has 1 N–H and O–H groups in total. The van der Waals surface area contributed by atoms with E-state index in [2.05, 4.69) is 28.7 Å². The quantitative estimate of drug-likeness (QED) is 0.687. The molecular formula is C13H25N3. The van der Waals surface area contributed by atoms with Crippen LogP contribution in [-0.2, 0) is 13.6 Å². The molecule has 1 aromatic heterocycles. The summed E-state index contributed by atoms with van der Waals surface area (Å²) < 4.78 is 2.07. The fourth-order valence-corrected chi connectivity index (χ4v) is 1.81. The molecule has 92 valence electrons.